The largest absolute Gasteiger partial charge is 0.497 e. The highest BCUT2D eigenvalue weighted by atomic mass is 32.2. The lowest BCUT2D eigenvalue weighted by Crippen LogP contribution is -2.37. The summed E-state index contributed by atoms with van der Waals surface area (Å²) in [6.07, 6.45) is 16.2. The molecule has 0 unspecified atom stereocenters. The molecule has 0 aliphatic carbocycles. The summed E-state index contributed by atoms with van der Waals surface area (Å²) in [5.74, 6) is 0.903. The van der Waals surface area contributed by atoms with Crippen LogP contribution in [0.1, 0.15) is 31.4 Å². The van der Waals surface area contributed by atoms with Gasteiger partial charge in [-0.2, -0.15) is 4.58 Å². The van der Waals surface area contributed by atoms with Gasteiger partial charge in [-0.3, -0.25) is 0 Å². The molecule has 0 fully saturated rings. The van der Waals surface area contributed by atoms with Crippen molar-refractivity contribution in [2.24, 2.45) is 0 Å². The fraction of sp³-hybridized carbons (Fsp3) is 0.364. The summed E-state index contributed by atoms with van der Waals surface area (Å²) in [5, 5.41) is 1.30. The molecule has 0 spiro atoms. The van der Waals surface area contributed by atoms with E-state index in [4.69, 9.17) is 4.74 Å². The molecule has 0 N–H and O–H groups in total. The van der Waals surface area contributed by atoms with Gasteiger partial charge in [0, 0.05) is 35.6 Å². The van der Waals surface area contributed by atoms with E-state index in [9.17, 15) is 0 Å². The topological polar surface area (TPSA) is 15.5 Å². The van der Waals surface area contributed by atoms with Crippen LogP contribution in [-0.2, 0) is 5.41 Å². The van der Waals surface area contributed by atoms with Gasteiger partial charge in [-0.1, -0.05) is 48.2 Å². The van der Waals surface area contributed by atoms with Gasteiger partial charge in [0.25, 0.3) is 0 Å². The predicted molar refractivity (Wildman–Crippen MR) is 164 cm³/mol. The highest BCUT2D eigenvalue weighted by molar-refractivity contribution is 8.03. The van der Waals surface area contributed by atoms with Crippen LogP contribution in [0.3, 0.4) is 0 Å². The van der Waals surface area contributed by atoms with Crippen LogP contribution in [0.2, 0.25) is 0 Å². The molecule has 2 aliphatic rings. The number of methoxy groups -OCH3 is 1. The smallest absolute Gasteiger partial charge is 0.209 e. The van der Waals surface area contributed by atoms with Gasteiger partial charge in [-0.05, 0) is 56.7 Å². The number of hydrogen-bond donors (Lipinski definition) is 0. The minimum Gasteiger partial charge on any atom is -0.497 e. The van der Waals surface area contributed by atoms with E-state index in [1.165, 1.54) is 38.1 Å². The van der Waals surface area contributed by atoms with Crippen LogP contribution < -0.4 is 9.64 Å². The van der Waals surface area contributed by atoms with E-state index < -0.39 is 0 Å². The first kappa shape index (κ1) is 28.0. The Hall–Kier alpha value is -3.02. The quantitative estimate of drug-likeness (QED) is 0.194. The van der Waals surface area contributed by atoms with Crippen LogP contribution in [0.25, 0.3) is 0 Å². The number of anilines is 1. The predicted octanol–water partition coefficient (Wildman–Crippen LogP) is 7.23. The molecule has 200 valence electrons. The monoisotopic (exact) mass is 529 g/mol. The molecule has 0 radical (unpaired) electrons. The molecule has 4 rings (SSSR count). The van der Waals surface area contributed by atoms with E-state index in [1.54, 1.807) is 7.11 Å². The Labute approximate surface area is 233 Å². The first-order chi connectivity index (χ1) is 18.0. The molecule has 5 heteroatoms. The van der Waals surface area contributed by atoms with Gasteiger partial charge >= 0.3 is 0 Å². The highest BCUT2D eigenvalue weighted by Gasteiger charge is 2.43. The lowest BCUT2D eigenvalue weighted by atomic mass is 9.81. The van der Waals surface area contributed by atoms with Crippen LogP contribution in [0, 0.1) is 6.92 Å². The third-order valence-electron chi connectivity index (χ3n) is 7.27. The van der Waals surface area contributed by atoms with Gasteiger partial charge in [0.2, 0.25) is 5.69 Å². The molecular formula is C33H43N3OS+2. The first-order valence-electron chi connectivity index (χ1n) is 13.4. The van der Waals surface area contributed by atoms with Crippen LogP contribution in [0.5, 0.6) is 5.75 Å². The third-order valence-corrected chi connectivity index (χ3v) is 8.39. The Morgan fingerprint density at radius 3 is 2.47 bits per heavy atom. The molecule has 0 atom stereocenters. The lowest BCUT2D eigenvalue weighted by Gasteiger charge is -2.26. The Kier molecular flexibility index (Phi) is 8.39. The first-order valence-corrected chi connectivity index (χ1v) is 14.2. The van der Waals surface area contributed by atoms with E-state index >= 15 is 0 Å². The van der Waals surface area contributed by atoms with Gasteiger partial charge < -0.3 is 14.1 Å². The molecule has 2 heterocycles. The van der Waals surface area contributed by atoms with Crippen molar-refractivity contribution in [3.05, 3.63) is 95.1 Å². The Morgan fingerprint density at radius 2 is 1.74 bits per heavy atom. The number of hydrogen-bond acceptors (Lipinski definition) is 3. The second-order valence-corrected chi connectivity index (χ2v) is 12.7. The van der Waals surface area contributed by atoms with Crippen LogP contribution in [0.4, 0.5) is 11.4 Å². The second-order valence-electron chi connectivity index (χ2n) is 11.7. The molecule has 0 amide bonds. The molecule has 4 nitrogen and oxygen atoms in total. The maximum absolute atomic E-state index is 5.46. The summed E-state index contributed by atoms with van der Waals surface area (Å²) in [4.78, 5) is 3.83. The van der Waals surface area contributed by atoms with E-state index in [0.717, 1.165) is 29.7 Å². The van der Waals surface area contributed by atoms with Gasteiger partial charge in [0.05, 0.1) is 50.9 Å². The number of allylic oxidation sites excluding steroid dienone is 7. The molecule has 0 aromatic heterocycles. The number of thioether (sulfide) groups is 1. The summed E-state index contributed by atoms with van der Waals surface area (Å²) in [7, 11) is 10.6. The average molecular weight is 530 g/mol. The number of rotatable bonds is 9. The SMILES string of the molecule is COc1ccc2c(c1)C(C)(C)C(/C=C/C=C/C=C/C=C1\Sc3cc(C)ccc3N1CCC[N+](C)(C)C)=[N+]2C. The molecule has 0 saturated carbocycles. The summed E-state index contributed by atoms with van der Waals surface area (Å²) in [6.45, 7) is 8.90. The summed E-state index contributed by atoms with van der Waals surface area (Å²) in [5.41, 5.74) is 6.37. The highest BCUT2D eigenvalue weighted by Crippen LogP contribution is 2.46. The maximum atomic E-state index is 5.46. The number of nitrogens with zero attached hydrogens (tertiary/aromatic N) is 3. The van der Waals surface area contributed by atoms with Crippen LogP contribution >= 0.6 is 11.8 Å². The normalized spacial score (nSPS) is 18.0. The van der Waals surface area contributed by atoms with Gasteiger partial charge in [0.15, 0.2) is 5.71 Å². The zero-order chi connectivity index (χ0) is 27.5. The third kappa shape index (κ3) is 6.16. The number of aryl methyl sites for hydroxylation is 1. The van der Waals surface area contributed by atoms with Gasteiger partial charge in [0.1, 0.15) is 12.8 Å². The van der Waals surface area contributed by atoms with Crippen LogP contribution in [0.15, 0.2) is 88.9 Å². The lowest BCUT2D eigenvalue weighted by molar-refractivity contribution is -0.870. The number of benzene rings is 2. The molecular weight excluding hydrogens is 486 g/mol. The number of quaternary nitrogens is 1. The molecule has 0 saturated heterocycles. The fourth-order valence-electron chi connectivity index (χ4n) is 5.19. The van der Waals surface area contributed by atoms with Crippen molar-refractivity contribution in [1.29, 1.82) is 0 Å². The van der Waals surface area contributed by atoms with E-state index in [0.29, 0.717) is 0 Å². The van der Waals surface area contributed by atoms with Gasteiger partial charge in [-0.15, -0.1) is 0 Å². The van der Waals surface area contributed by atoms with Crippen molar-refractivity contribution in [3.63, 3.8) is 0 Å². The van der Waals surface area contributed by atoms with Crippen molar-refractivity contribution < 1.29 is 13.8 Å². The van der Waals surface area contributed by atoms with Crippen molar-refractivity contribution in [1.82, 2.24) is 0 Å². The molecule has 2 aromatic rings. The summed E-state index contributed by atoms with van der Waals surface area (Å²) in [6, 6.07) is 13.1. The fourth-order valence-corrected chi connectivity index (χ4v) is 6.39. The van der Waals surface area contributed by atoms with E-state index in [2.05, 4.69) is 131 Å². The van der Waals surface area contributed by atoms with Crippen molar-refractivity contribution in [3.8, 4) is 5.75 Å². The summed E-state index contributed by atoms with van der Waals surface area (Å²) >= 11 is 1.87. The van der Waals surface area contributed by atoms with Crippen molar-refractivity contribution in [2.45, 2.75) is 37.5 Å². The average Bonchev–Trinajstić information content (AvgIpc) is 3.28. The Morgan fingerprint density at radius 1 is 1.00 bits per heavy atom. The zero-order valence-electron chi connectivity index (χ0n) is 24.3. The summed E-state index contributed by atoms with van der Waals surface area (Å²) < 4.78 is 8.74. The zero-order valence-corrected chi connectivity index (χ0v) is 25.1. The van der Waals surface area contributed by atoms with Crippen molar-refractivity contribution in [2.75, 3.05) is 53.3 Å². The minimum atomic E-state index is -0.0778. The minimum absolute atomic E-state index is 0.0778. The van der Waals surface area contributed by atoms with Crippen LogP contribution in [-0.4, -0.2) is 63.2 Å². The van der Waals surface area contributed by atoms with Gasteiger partial charge in [-0.25, -0.2) is 0 Å². The molecule has 0 bridgehead atoms. The standard InChI is InChI=1S/C33H43N3OS/c1-25-17-19-29-30(23-25)38-32(35(29)21-14-22-36(5,6)7)16-13-11-9-10-12-15-31-33(2,3)27-24-26(37-8)18-20-28(27)34(31)4/h9-13,15-20,23-24H,14,21-22H2,1-8H3/q+2. The molecule has 38 heavy (non-hydrogen) atoms. The van der Waals surface area contributed by atoms with Crippen molar-refractivity contribution >= 4 is 28.8 Å². The van der Waals surface area contributed by atoms with E-state index in [1.807, 2.05) is 17.8 Å². The maximum Gasteiger partial charge on any atom is 0.209 e. The molecule has 2 aliphatic heterocycles. The van der Waals surface area contributed by atoms with E-state index in [-0.39, 0.29) is 5.41 Å². The Bertz CT molecular complexity index is 1340. The Balaban J connectivity index is 1.43. The molecule has 2 aromatic carbocycles. The number of fused-ring (bicyclic) bond motifs is 2. The number of ether oxygens (including phenoxy) is 1. The second kappa shape index (κ2) is 11.4.